The second-order valence-electron chi connectivity index (χ2n) is 4.53. The maximum atomic E-state index is 12.6. The molecule has 20 heavy (non-hydrogen) atoms. The van der Waals surface area contributed by atoms with Gasteiger partial charge in [0.05, 0.1) is 5.92 Å². The van der Waals surface area contributed by atoms with Crippen molar-refractivity contribution in [2.45, 2.75) is 19.0 Å². The van der Waals surface area contributed by atoms with Gasteiger partial charge >= 0.3 is 6.18 Å². The number of nitrogens with two attached hydrogens (primary N) is 1. The zero-order chi connectivity index (χ0) is 14.8. The van der Waals surface area contributed by atoms with Gasteiger partial charge in [0.15, 0.2) is 5.84 Å². The number of piperidine rings is 1. The van der Waals surface area contributed by atoms with Crippen molar-refractivity contribution in [1.29, 1.82) is 0 Å². The van der Waals surface area contributed by atoms with E-state index >= 15 is 0 Å². The molecule has 3 N–H and O–H groups in total. The molecule has 0 unspecified atom stereocenters. The topological polar surface area (TPSA) is 87.6 Å². The molecule has 0 amide bonds. The van der Waals surface area contributed by atoms with Crippen molar-refractivity contribution < 1.29 is 18.4 Å². The van der Waals surface area contributed by atoms with E-state index in [1.165, 1.54) is 12.3 Å². The number of rotatable bonds is 2. The van der Waals surface area contributed by atoms with E-state index < -0.39 is 12.1 Å². The van der Waals surface area contributed by atoms with E-state index in [0.717, 1.165) is 0 Å². The summed E-state index contributed by atoms with van der Waals surface area (Å²) < 4.78 is 37.7. The molecule has 110 valence electrons. The van der Waals surface area contributed by atoms with Gasteiger partial charge in [-0.1, -0.05) is 5.16 Å². The molecule has 0 bridgehead atoms. The molecular formula is C11H14F3N5O. The van der Waals surface area contributed by atoms with E-state index in [0.29, 0.717) is 0 Å². The highest BCUT2D eigenvalue weighted by molar-refractivity contribution is 5.95. The van der Waals surface area contributed by atoms with Crippen LogP contribution >= 0.6 is 0 Å². The van der Waals surface area contributed by atoms with Crippen LogP contribution in [0.5, 0.6) is 0 Å². The fourth-order valence-electron chi connectivity index (χ4n) is 2.10. The Bertz CT molecular complexity index is 497. The molecule has 1 aliphatic heterocycles. The Morgan fingerprint density at radius 3 is 2.60 bits per heavy atom. The minimum absolute atomic E-state index is 0.0145. The lowest BCUT2D eigenvalue weighted by Crippen LogP contribution is -2.40. The fourth-order valence-corrected chi connectivity index (χ4v) is 2.10. The molecule has 0 radical (unpaired) electrons. The minimum atomic E-state index is -4.15. The average molecular weight is 289 g/mol. The predicted octanol–water partition coefficient (Wildman–Crippen LogP) is 1.35. The maximum absolute atomic E-state index is 12.6. The van der Waals surface area contributed by atoms with Crippen LogP contribution in [0.15, 0.2) is 17.4 Å². The van der Waals surface area contributed by atoms with Gasteiger partial charge in [-0.15, -0.1) is 0 Å². The van der Waals surface area contributed by atoms with Crippen LogP contribution < -0.4 is 10.6 Å². The molecule has 0 atom stereocenters. The van der Waals surface area contributed by atoms with Crippen molar-refractivity contribution in [3.63, 3.8) is 0 Å². The molecule has 9 heteroatoms. The highest BCUT2D eigenvalue weighted by Crippen LogP contribution is 2.34. The Balaban J connectivity index is 2.08. The fraction of sp³-hybridized carbons (Fsp3) is 0.545. The third-order valence-electron chi connectivity index (χ3n) is 3.25. The maximum Gasteiger partial charge on any atom is 0.391 e. The number of alkyl halides is 3. The SMILES string of the molecule is N/C(=N/O)c1ccnc(N2CCC(C(F)(F)F)CC2)n1. The summed E-state index contributed by atoms with van der Waals surface area (Å²) in [4.78, 5) is 9.74. The van der Waals surface area contributed by atoms with Crippen LogP contribution in [-0.2, 0) is 0 Å². The Morgan fingerprint density at radius 1 is 1.40 bits per heavy atom. The third kappa shape index (κ3) is 3.09. The zero-order valence-electron chi connectivity index (χ0n) is 10.5. The first-order valence-corrected chi connectivity index (χ1v) is 6.04. The Morgan fingerprint density at radius 2 is 2.05 bits per heavy atom. The minimum Gasteiger partial charge on any atom is -0.409 e. The van der Waals surface area contributed by atoms with Gasteiger partial charge in [0.2, 0.25) is 5.95 Å². The standard InChI is InChI=1S/C11H14F3N5O/c12-11(13,14)7-2-5-19(6-3-7)10-16-4-1-8(17-10)9(15)18-20/h1,4,7,20H,2-3,5-6H2,(H2,15,18). The summed E-state index contributed by atoms with van der Waals surface area (Å²) in [5.41, 5.74) is 5.65. The smallest absolute Gasteiger partial charge is 0.391 e. The van der Waals surface area contributed by atoms with Gasteiger partial charge in [-0.25, -0.2) is 9.97 Å². The molecule has 2 rings (SSSR count). The van der Waals surface area contributed by atoms with Crippen molar-refractivity contribution in [2.24, 2.45) is 16.8 Å². The molecule has 6 nitrogen and oxygen atoms in total. The Hall–Kier alpha value is -2.06. The van der Waals surface area contributed by atoms with Crippen LogP contribution in [0.4, 0.5) is 19.1 Å². The van der Waals surface area contributed by atoms with E-state index in [4.69, 9.17) is 10.9 Å². The summed E-state index contributed by atoms with van der Waals surface area (Å²) in [7, 11) is 0. The summed E-state index contributed by atoms with van der Waals surface area (Å²) in [5.74, 6) is -1.15. The third-order valence-corrected chi connectivity index (χ3v) is 3.25. The largest absolute Gasteiger partial charge is 0.409 e. The summed E-state index contributed by atoms with van der Waals surface area (Å²) in [6.07, 6.45) is -2.70. The van der Waals surface area contributed by atoms with Gasteiger partial charge in [0.1, 0.15) is 5.69 Å². The van der Waals surface area contributed by atoms with Crippen molar-refractivity contribution >= 4 is 11.8 Å². The van der Waals surface area contributed by atoms with Gasteiger partial charge in [-0.2, -0.15) is 13.2 Å². The number of anilines is 1. The number of hydrogen-bond donors (Lipinski definition) is 2. The number of oxime groups is 1. The van der Waals surface area contributed by atoms with Crippen LogP contribution in [0.2, 0.25) is 0 Å². The molecular weight excluding hydrogens is 275 g/mol. The number of halogens is 3. The summed E-state index contributed by atoms with van der Waals surface area (Å²) in [6, 6.07) is 1.46. The molecule has 1 aromatic rings. The van der Waals surface area contributed by atoms with Gasteiger partial charge < -0.3 is 15.8 Å². The lowest BCUT2D eigenvalue weighted by molar-refractivity contribution is -0.179. The second-order valence-corrected chi connectivity index (χ2v) is 4.53. The van der Waals surface area contributed by atoms with E-state index in [9.17, 15) is 13.2 Å². The number of hydrogen-bond acceptors (Lipinski definition) is 5. The first-order valence-electron chi connectivity index (χ1n) is 6.04. The quantitative estimate of drug-likeness (QED) is 0.371. The Kier molecular flexibility index (Phi) is 3.96. The lowest BCUT2D eigenvalue weighted by Gasteiger charge is -2.32. The van der Waals surface area contributed by atoms with Crippen molar-refractivity contribution in [3.05, 3.63) is 18.0 Å². The molecule has 1 aliphatic rings. The van der Waals surface area contributed by atoms with E-state index in [-0.39, 0.29) is 43.4 Å². The van der Waals surface area contributed by atoms with Crippen molar-refractivity contribution in [3.8, 4) is 0 Å². The highest BCUT2D eigenvalue weighted by Gasteiger charge is 2.41. The molecule has 1 fully saturated rings. The van der Waals surface area contributed by atoms with Gasteiger partial charge in [0.25, 0.3) is 0 Å². The highest BCUT2D eigenvalue weighted by atomic mass is 19.4. The van der Waals surface area contributed by atoms with E-state index in [1.54, 1.807) is 4.90 Å². The molecule has 1 saturated heterocycles. The van der Waals surface area contributed by atoms with E-state index in [1.807, 2.05) is 0 Å². The zero-order valence-corrected chi connectivity index (χ0v) is 10.5. The second kappa shape index (κ2) is 5.51. The molecule has 1 aromatic heterocycles. The summed E-state index contributed by atoms with van der Waals surface area (Å²) in [5, 5.41) is 11.4. The monoisotopic (exact) mass is 289 g/mol. The van der Waals surface area contributed by atoms with Gasteiger partial charge in [-0.05, 0) is 18.9 Å². The first-order chi connectivity index (χ1) is 9.41. The lowest BCUT2D eigenvalue weighted by atomic mass is 9.96. The molecule has 0 spiro atoms. The number of amidine groups is 1. The summed E-state index contributed by atoms with van der Waals surface area (Å²) >= 11 is 0. The van der Waals surface area contributed by atoms with Crippen LogP contribution in [0.25, 0.3) is 0 Å². The van der Waals surface area contributed by atoms with Crippen molar-refractivity contribution in [1.82, 2.24) is 9.97 Å². The normalized spacial score (nSPS) is 18.4. The molecule has 0 aromatic carbocycles. The van der Waals surface area contributed by atoms with Crippen LogP contribution in [0, 0.1) is 5.92 Å². The Labute approximate surface area is 113 Å². The molecule has 0 saturated carbocycles. The van der Waals surface area contributed by atoms with Crippen LogP contribution in [0.3, 0.4) is 0 Å². The van der Waals surface area contributed by atoms with Crippen molar-refractivity contribution in [2.75, 3.05) is 18.0 Å². The average Bonchev–Trinajstić information content (AvgIpc) is 2.46. The molecule has 0 aliphatic carbocycles. The van der Waals surface area contributed by atoms with Crippen LogP contribution in [-0.4, -0.2) is 40.3 Å². The van der Waals surface area contributed by atoms with Gasteiger partial charge in [0, 0.05) is 19.3 Å². The summed E-state index contributed by atoms with van der Waals surface area (Å²) in [6.45, 7) is 0.452. The first kappa shape index (κ1) is 14.4. The van der Waals surface area contributed by atoms with Crippen LogP contribution in [0.1, 0.15) is 18.5 Å². The van der Waals surface area contributed by atoms with Gasteiger partial charge in [-0.3, -0.25) is 0 Å². The predicted molar refractivity (Wildman–Crippen MR) is 65.5 cm³/mol. The molecule has 2 heterocycles. The van der Waals surface area contributed by atoms with E-state index in [2.05, 4.69) is 15.1 Å². The number of aromatic nitrogens is 2. The number of nitrogens with zero attached hydrogens (tertiary/aromatic N) is 4.